The van der Waals surface area contributed by atoms with E-state index in [1.54, 1.807) is 18.5 Å². The second-order valence-corrected chi connectivity index (χ2v) is 5.58. The molecule has 0 aliphatic heterocycles. The summed E-state index contributed by atoms with van der Waals surface area (Å²) >= 11 is 0. The Morgan fingerprint density at radius 2 is 2.09 bits per heavy atom. The van der Waals surface area contributed by atoms with E-state index < -0.39 is 0 Å². The van der Waals surface area contributed by atoms with Crippen molar-refractivity contribution in [2.45, 2.75) is 18.8 Å². The van der Waals surface area contributed by atoms with E-state index in [1.807, 2.05) is 30.3 Å². The first-order chi connectivity index (χ1) is 11.3. The SMILES string of the molecule is O=C(Nc1cccc(-c2ccn[nH]2)c1)c1ccnc(C2CC2)n1. The fourth-order valence-corrected chi connectivity index (χ4v) is 2.41. The normalized spacial score (nSPS) is 13.7. The monoisotopic (exact) mass is 305 g/mol. The molecular weight excluding hydrogens is 290 g/mol. The van der Waals surface area contributed by atoms with Crippen molar-refractivity contribution in [3.05, 3.63) is 60.3 Å². The average Bonchev–Trinajstić information content (AvgIpc) is 3.29. The number of rotatable bonds is 4. The van der Waals surface area contributed by atoms with Crippen LogP contribution in [0.1, 0.15) is 35.1 Å². The lowest BCUT2D eigenvalue weighted by Crippen LogP contribution is -2.14. The zero-order valence-corrected chi connectivity index (χ0v) is 12.4. The number of H-pyrrole nitrogens is 1. The Kier molecular flexibility index (Phi) is 3.34. The molecule has 3 aromatic rings. The molecule has 1 amide bonds. The third kappa shape index (κ3) is 2.96. The van der Waals surface area contributed by atoms with Crippen molar-refractivity contribution < 1.29 is 4.79 Å². The van der Waals surface area contributed by atoms with Crippen LogP contribution in [-0.2, 0) is 0 Å². The third-order valence-corrected chi connectivity index (χ3v) is 3.78. The summed E-state index contributed by atoms with van der Waals surface area (Å²) in [6.07, 6.45) is 5.56. The van der Waals surface area contributed by atoms with E-state index >= 15 is 0 Å². The van der Waals surface area contributed by atoms with E-state index in [9.17, 15) is 4.79 Å². The number of hydrogen-bond donors (Lipinski definition) is 2. The molecule has 0 spiro atoms. The van der Waals surface area contributed by atoms with Crippen LogP contribution in [0, 0.1) is 0 Å². The van der Waals surface area contributed by atoms with Crippen molar-refractivity contribution in [2.24, 2.45) is 0 Å². The highest BCUT2D eigenvalue weighted by Crippen LogP contribution is 2.37. The average molecular weight is 305 g/mol. The molecular formula is C17H15N5O. The van der Waals surface area contributed by atoms with Gasteiger partial charge in [-0.05, 0) is 37.1 Å². The van der Waals surface area contributed by atoms with Crippen molar-refractivity contribution in [1.82, 2.24) is 20.2 Å². The Balaban J connectivity index is 1.54. The number of nitrogens with zero attached hydrogens (tertiary/aromatic N) is 3. The molecule has 1 saturated carbocycles. The summed E-state index contributed by atoms with van der Waals surface area (Å²) < 4.78 is 0. The van der Waals surface area contributed by atoms with Gasteiger partial charge in [0.05, 0.1) is 5.69 Å². The Morgan fingerprint density at radius 3 is 2.87 bits per heavy atom. The minimum Gasteiger partial charge on any atom is -0.321 e. The molecule has 1 aliphatic carbocycles. The molecule has 0 radical (unpaired) electrons. The number of benzene rings is 1. The molecule has 6 nitrogen and oxygen atoms in total. The fourth-order valence-electron chi connectivity index (χ4n) is 2.41. The van der Waals surface area contributed by atoms with Crippen LogP contribution in [0.4, 0.5) is 5.69 Å². The highest BCUT2D eigenvalue weighted by atomic mass is 16.1. The largest absolute Gasteiger partial charge is 0.321 e. The summed E-state index contributed by atoms with van der Waals surface area (Å²) in [4.78, 5) is 21.0. The zero-order valence-electron chi connectivity index (χ0n) is 12.4. The first kappa shape index (κ1) is 13.6. The predicted octanol–water partition coefficient (Wildman–Crippen LogP) is 3.00. The molecule has 23 heavy (non-hydrogen) atoms. The van der Waals surface area contributed by atoms with Crippen molar-refractivity contribution in [1.29, 1.82) is 0 Å². The number of nitrogens with one attached hydrogen (secondary N) is 2. The molecule has 4 rings (SSSR count). The minimum atomic E-state index is -0.226. The van der Waals surface area contributed by atoms with Crippen LogP contribution in [0.5, 0.6) is 0 Å². The van der Waals surface area contributed by atoms with Gasteiger partial charge in [-0.1, -0.05) is 12.1 Å². The Labute approximate surface area is 133 Å². The molecule has 1 aliphatic rings. The first-order valence-electron chi connectivity index (χ1n) is 7.54. The van der Waals surface area contributed by atoms with Gasteiger partial charge in [-0.25, -0.2) is 9.97 Å². The fraction of sp³-hybridized carbons (Fsp3) is 0.176. The van der Waals surface area contributed by atoms with Gasteiger partial charge < -0.3 is 5.32 Å². The number of carbonyl (C=O) groups excluding carboxylic acids is 1. The lowest BCUT2D eigenvalue weighted by atomic mass is 10.1. The number of anilines is 1. The quantitative estimate of drug-likeness (QED) is 0.776. The van der Waals surface area contributed by atoms with Gasteiger partial charge in [0.25, 0.3) is 5.91 Å². The van der Waals surface area contributed by atoms with Crippen molar-refractivity contribution in [3.63, 3.8) is 0 Å². The van der Waals surface area contributed by atoms with Crippen LogP contribution in [0.25, 0.3) is 11.3 Å². The lowest BCUT2D eigenvalue weighted by Gasteiger charge is -2.07. The van der Waals surface area contributed by atoms with Crippen LogP contribution in [-0.4, -0.2) is 26.1 Å². The van der Waals surface area contributed by atoms with Gasteiger partial charge in [-0.2, -0.15) is 5.10 Å². The maximum atomic E-state index is 12.4. The summed E-state index contributed by atoms with van der Waals surface area (Å²) in [6, 6.07) is 11.1. The number of carbonyl (C=O) groups is 1. The van der Waals surface area contributed by atoms with Crippen LogP contribution in [0.3, 0.4) is 0 Å². The smallest absolute Gasteiger partial charge is 0.274 e. The Morgan fingerprint density at radius 1 is 1.17 bits per heavy atom. The maximum Gasteiger partial charge on any atom is 0.274 e. The summed E-state index contributed by atoms with van der Waals surface area (Å²) in [5, 5.41) is 9.73. The molecule has 2 heterocycles. The van der Waals surface area contributed by atoms with Gasteiger partial charge in [-0.15, -0.1) is 0 Å². The molecule has 2 aromatic heterocycles. The standard InChI is InChI=1S/C17H15N5O/c23-17(15-6-8-18-16(21-15)11-4-5-11)20-13-3-1-2-12(10-13)14-7-9-19-22-14/h1-3,6-11H,4-5H2,(H,19,22)(H,20,23). The van der Waals surface area contributed by atoms with Gasteiger partial charge in [0.15, 0.2) is 0 Å². The van der Waals surface area contributed by atoms with E-state index in [-0.39, 0.29) is 5.91 Å². The lowest BCUT2D eigenvalue weighted by molar-refractivity contribution is 0.102. The molecule has 0 saturated heterocycles. The van der Waals surface area contributed by atoms with E-state index in [4.69, 9.17) is 0 Å². The Bertz CT molecular complexity index is 840. The van der Waals surface area contributed by atoms with Gasteiger partial charge in [-0.3, -0.25) is 9.89 Å². The molecule has 0 unspecified atom stereocenters. The van der Waals surface area contributed by atoms with E-state index in [2.05, 4.69) is 25.5 Å². The van der Waals surface area contributed by atoms with Crippen LogP contribution in [0.2, 0.25) is 0 Å². The maximum absolute atomic E-state index is 12.4. The van der Waals surface area contributed by atoms with E-state index in [0.717, 1.165) is 29.9 Å². The number of aromatic nitrogens is 4. The zero-order chi connectivity index (χ0) is 15.6. The molecule has 0 atom stereocenters. The molecule has 1 aromatic carbocycles. The highest BCUT2D eigenvalue weighted by Gasteiger charge is 2.27. The van der Waals surface area contributed by atoms with Crippen LogP contribution < -0.4 is 5.32 Å². The second kappa shape index (κ2) is 5.64. The van der Waals surface area contributed by atoms with Crippen molar-refractivity contribution in [3.8, 4) is 11.3 Å². The highest BCUT2D eigenvalue weighted by molar-refractivity contribution is 6.03. The number of aromatic amines is 1. The van der Waals surface area contributed by atoms with Crippen molar-refractivity contribution >= 4 is 11.6 Å². The summed E-state index contributed by atoms with van der Waals surface area (Å²) in [6.45, 7) is 0. The number of amides is 1. The summed E-state index contributed by atoms with van der Waals surface area (Å²) in [5.74, 6) is 0.964. The molecule has 2 N–H and O–H groups in total. The second-order valence-electron chi connectivity index (χ2n) is 5.58. The number of hydrogen-bond acceptors (Lipinski definition) is 4. The molecule has 6 heteroatoms. The first-order valence-corrected chi connectivity index (χ1v) is 7.54. The van der Waals surface area contributed by atoms with Crippen LogP contribution in [0.15, 0.2) is 48.8 Å². The third-order valence-electron chi connectivity index (χ3n) is 3.78. The van der Waals surface area contributed by atoms with Crippen LogP contribution >= 0.6 is 0 Å². The van der Waals surface area contributed by atoms with Gasteiger partial charge >= 0.3 is 0 Å². The summed E-state index contributed by atoms with van der Waals surface area (Å²) in [5.41, 5.74) is 2.98. The van der Waals surface area contributed by atoms with Gasteiger partial charge in [0.2, 0.25) is 0 Å². The van der Waals surface area contributed by atoms with E-state index in [1.165, 1.54) is 0 Å². The Hall–Kier alpha value is -3.02. The van der Waals surface area contributed by atoms with E-state index in [0.29, 0.717) is 17.3 Å². The van der Waals surface area contributed by atoms with Gasteiger partial charge in [0, 0.05) is 29.6 Å². The van der Waals surface area contributed by atoms with Crippen molar-refractivity contribution in [2.75, 3.05) is 5.32 Å². The topological polar surface area (TPSA) is 83.6 Å². The van der Waals surface area contributed by atoms with Gasteiger partial charge in [0.1, 0.15) is 11.5 Å². The molecule has 114 valence electrons. The molecule has 0 bridgehead atoms. The molecule has 1 fully saturated rings. The summed E-state index contributed by atoms with van der Waals surface area (Å²) in [7, 11) is 0. The minimum absolute atomic E-state index is 0.226. The predicted molar refractivity (Wildman–Crippen MR) is 86.0 cm³/mol.